The molecule has 0 radical (unpaired) electrons. The Morgan fingerprint density at radius 3 is 2.74 bits per heavy atom. The molecule has 1 atom stereocenters. The van der Waals surface area contributed by atoms with E-state index < -0.39 is 12.0 Å². The molecule has 1 aliphatic heterocycles. The second kappa shape index (κ2) is 4.90. The summed E-state index contributed by atoms with van der Waals surface area (Å²) in [5, 5.41) is 9.39. The van der Waals surface area contributed by atoms with Crippen LogP contribution in [0.5, 0.6) is 0 Å². The number of rotatable bonds is 3. The van der Waals surface area contributed by atoms with Gasteiger partial charge >= 0.3 is 5.97 Å². The standard InChI is InChI=1S/C15H15NO3/c17-15(18)14-8-11-4-1-2-5-12(11)9-16(14)10-13-6-3-7-19-13/h1-7,14H,8-10H2,(H,17,18)/t14-/m0/s1. The number of carboxylic acids is 1. The van der Waals surface area contributed by atoms with Crippen LogP contribution in [0.1, 0.15) is 16.9 Å². The number of carboxylic acid groups (broad SMARTS) is 1. The van der Waals surface area contributed by atoms with Crippen LogP contribution in [-0.2, 0) is 24.3 Å². The molecule has 1 aromatic heterocycles. The highest BCUT2D eigenvalue weighted by atomic mass is 16.4. The molecule has 3 rings (SSSR count). The van der Waals surface area contributed by atoms with Gasteiger partial charge in [-0.05, 0) is 29.7 Å². The molecule has 4 heteroatoms. The Hall–Kier alpha value is -2.07. The third kappa shape index (κ3) is 2.39. The number of fused-ring (bicyclic) bond motifs is 1. The van der Waals surface area contributed by atoms with Crippen LogP contribution in [0.2, 0.25) is 0 Å². The summed E-state index contributed by atoms with van der Waals surface area (Å²) >= 11 is 0. The van der Waals surface area contributed by atoms with Crippen LogP contribution in [0, 0.1) is 0 Å². The van der Waals surface area contributed by atoms with Crippen LogP contribution >= 0.6 is 0 Å². The summed E-state index contributed by atoms with van der Waals surface area (Å²) in [6.45, 7) is 1.17. The number of hydrogen-bond donors (Lipinski definition) is 1. The number of hydrogen-bond acceptors (Lipinski definition) is 3. The lowest BCUT2D eigenvalue weighted by Gasteiger charge is -2.33. The van der Waals surface area contributed by atoms with E-state index in [2.05, 4.69) is 6.07 Å². The highest BCUT2D eigenvalue weighted by Gasteiger charge is 2.31. The fraction of sp³-hybridized carbons (Fsp3) is 0.267. The lowest BCUT2D eigenvalue weighted by Crippen LogP contribution is -2.44. The van der Waals surface area contributed by atoms with Crippen molar-refractivity contribution in [2.75, 3.05) is 0 Å². The minimum absolute atomic E-state index is 0.486. The minimum Gasteiger partial charge on any atom is -0.480 e. The van der Waals surface area contributed by atoms with E-state index in [0.717, 1.165) is 11.3 Å². The zero-order valence-corrected chi connectivity index (χ0v) is 10.5. The van der Waals surface area contributed by atoms with Gasteiger partial charge in [-0.1, -0.05) is 24.3 Å². The van der Waals surface area contributed by atoms with Gasteiger partial charge in [0.05, 0.1) is 12.8 Å². The lowest BCUT2D eigenvalue weighted by atomic mass is 9.94. The molecule has 98 valence electrons. The highest BCUT2D eigenvalue weighted by molar-refractivity contribution is 5.74. The number of nitrogens with zero attached hydrogens (tertiary/aromatic N) is 1. The third-order valence-electron chi connectivity index (χ3n) is 3.57. The first-order valence-corrected chi connectivity index (χ1v) is 6.30. The first-order valence-electron chi connectivity index (χ1n) is 6.30. The molecule has 1 N–H and O–H groups in total. The number of furan rings is 1. The zero-order valence-electron chi connectivity index (χ0n) is 10.5. The molecule has 4 nitrogen and oxygen atoms in total. The second-order valence-electron chi connectivity index (χ2n) is 4.81. The Morgan fingerprint density at radius 2 is 2.05 bits per heavy atom. The van der Waals surface area contributed by atoms with E-state index in [1.165, 1.54) is 5.56 Å². The summed E-state index contributed by atoms with van der Waals surface area (Å²) in [6, 6.07) is 11.2. The second-order valence-corrected chi connectivity index (χ2v) is 4.81. The molecule has 2 aromatic rings. The van der Waals surface area contributed by atoms with E-state index >= 15 is 0 Å². The Kier molecular flexibility index (Phi) is 3.09. The van der Waals surface area contributed by atoms with Crippen molar-refractivity contribution in [3.05, 3.63) is 59.5 Å². The normalized spacial score (nSPS) is 19.1. The maximum Gasteiger partial charge on any atom is 0.321 e. The molecule has 0 saturated heterocycles. The van der Waals surface area contributed by atoms with Crippen LogP contribution in [0.25, 0.3) is 0 Å². The molecule has 19 heavy (non-hydrogen) atoms. The monoisotopic (exact) mass is 257 g/mol. The molecule has 1 aromatic carbocycles. The molecular formula is C15H15NO3. The molecule has 0 saturated carbocycles. The average Bonchev–Trinajstić information content (AvgIpc) is 2.90. The molecule has 0 bridgehead atoms. The van der Waals surface area contributed by atoms with Crippen LogP contribution in [-0.4, -0.2) is 22.0 Å². The van der Waals surface area contributed by atoms with E-state index in [1.807, 2.05) is 35.2 Å². The fourth-order valence-electron chi connectivity index (χ4n) is 2.59. The third-order valence-corrected chi connectivity index (χ3v) is 3.57. The van der Waals surface area contributed by atoms with Gasteiger partial charge in [0.25, 0.3) is 0 Å². The van der Waals surface area contributed by atoms with Crippen molar-refractivity contribution < 1.29 is 14.3 Å². The maximum absolute atomic E-state index is 11.4. The lowest BCUT2D eigenvalue weighted by molar-refractivity contribution is -0.144. The van der Waals surface area contributed by atoms with Crippen molar-refractivity contribution in [1.29, 1.82) is 0 Å². The van der Waals surface area contributed by atoms with Crippen molar-refractivity contribution in [1.82, 2.24) is 4.90 Å². The van der Waals surface area contributed by atoms with Crippen LogP contribution in [0.4, 0.5) is 0 Å². The van der Waals surface area contributed by atoms with Crippen molar-refractivity contribution >= 4 is 5.97 Å². The predicted octanol–water partition coefficient (Wildman–Crippen LogP) is 2.29. The van der Waals surface area contributed by atoms with E-state index in [0.29, 0.717) is 19.5 Å². The van der Waals surface area contributed by atoms with E-state index in [4.69, 9.17) is 4.42 Å². The van der Waals surface area contributed by atoms with Gasteiger partial charge in [-0.2, -0.15) is 0 Å². The summed E-state index contributed by atoms with van der Waals surface area (Å²) in [5.41, 5.74) is 2.33. The Bertz CT molecular complexity index is 577. The molecule has 2 heterocycles. The van der Waals surface area contributed by atoms with Gasteiger partial charge in [-0.25, -0.2) is 0 Å². The van der Waals surface area contributed by atoms with Gasteiger partial charge in [-0.15, -0.1) is 0 Å². The van der Waals surface area contributed by atoms with Gasteiger partial charge in [0.2, 0.25) is 0 Å². The van der Waals surface area contributed by atoms with Gasteiger partial charge < -0.3 is 9.52 Å². The highest BCUT2D eigenvalue weighted by Crippen LogP contribution is 2.25. The molecule has 0 fully saturated rings. The number of benzene rings is 1. The van der Waals surface area contributed by atoms with Crippen molar-refractivity contribution in [2.24, 2.45) is 0 Å². The topological polar surface area (TPSA) is 53.7 Å². The Labute approximate surface area is 111 Å². The summed E-state index contributed by atoms with van der Waals surface area (Å²) < 4.78 is 5.32. The van der Waals surface area contributed by atoms with Gasteiger partial charge in [-0.3, -0.25) is 9.69 Å². The quantitative estimate of drug-likeness (QED) is 0.916. The summed E-state index contributed by atoms with van der Waals surface area (Å²) in [6.07, 6.45) is 2.16. The minimum atomic E-state index is -0.777. The molecule has 0 aliphatic carbocycles. The molecular weight excluding hydrogens is 242 g/mol. The Balaban J connectivity index is 1.87. The zero-order chi connectivity index (χ0) is 13.2. The summed E-state index contributed by atoms with van der Waals surface area (Å²) in [5.74, 6) is 0.0201. The maximum atomic E-state index is 11.4. The molecule has 0 unspecified atom stereocenters. The first kappa shape index (κ1) is 12.0. The molecule has 0 amide bonds. The van der Waals surface area contributed by atoms with Gasteiger partial charge in [0, 0.05) is 6.54 Å². The number of aliphatic carboxylic acids is 1. The summed E-state index contributed by atoms with van der Waals surface area (Å²) in [4.78, 5) is 13.4. The van der Waals surface area contributed by atoms with Crippen LogP contribution < -0.4 is 0 Å². The number of carbonyl (C=O) groups is 1. The van der Waals surface area contributed by atoms with Crippen molar-refractivity contribution in [3.8, 4) is 0 Å². The van der Waals surface area contributed by atoms with Crippen molar-refractivity contribution in [3.63, 3.8) is 0 Å². The smallest absolute Gasteiger partial charge is 0.321 e. The van der Waals surface area contributed by atoms with Crippen LogP contribution in [0.3, 0.4) is 0 Å². The Morgan fingerprint density at radius 1 is 1.26 bits per heavy atom. The van der Waals surface area contributed by atoms with E-state index in [1.54, 1.807) is 6.26 Å². The van der Waals surface area contributed by atoms with Gasteiger partial charge in [0.15, 0.2) is 0 Å². The molecule has 1 aliphatic rings. The van der Waals surface area contributed by atoms with Crippen molar-refractivity contribution in [2.45, 2.75) is 25.6 Å². The largest absolute Gasteiger partial charge is 0.480 e. The average molecular weight is 257 g/mol. The SMILES string of the molecule is O=C(O)[C@@H]1Cc2ccccc2CN1Cc1ccco1. The van der Waals surface area contributed by atoms with E-state index in [9.17, 15) is 9.90 Å². The van der Waals surface area contributed by atoms with Crippen LogP contribution in [0.15, 0.2) is 47.1 Å². The predicted molar refractivity (Wildman–Crippen MR) is 69.5 cm³/mol. The van der Waals surface area contributed by atoms with E-state index in [-0.39, 0.29) is 0 Å². The first-order chi connectivity index (χ1) is 9.24. The van der Waals surface area contributed by atoms with Gasteiger partial charge in [0.1, 0.15) is 11.8 Å². The fourth-order valence-corrected chi connectivity index (χ4v) is 2.59. The summed E-state index contributed by atoms with van der Waals surface area (Å²) in [7, 11) is 0. The molecule has 0 spiro atoms.